The molecular weight excluding hydrogens is 422 g/mol. The molecule has 4 rings (SSSR count). The Labute approximate surface area is 181 Å². The number of piperidine rings is 2. The molecule has 4 heterocycles. The Morgan fingerprint density at radius 3 is 2.57 bits per heavy atom. The Balaban J connectivity index is 1.46. The minimum Gasteiger partial charge on any atom is -0.355 e. The first-order chi connectivity index (χ1) is 14.5. The average molecular weight is 450 g/mol. The highest BCUT2D eigenvalue weighted by molar-refractivity contribution is 7.89. The Morgan fingerprint density at radius 2 is 1.90 bits per heavy atom. The van der Waals surface area contributed by atoms with Crippen LogP contribution in [0.2, 0.25) is 0 Å². The standard InChI is InChI=1S/C21H27N3O4S2/c1-16-20(19(28-22-16)8-7-18-6-5-15-29-18)30(26,27)24-13-9-17(10-14-24)21(25)23-11-3-2-4-12-23/h5-8,15,17H,2-4,9-14H2,1H3. The summed E-state index contributed by atoms with van der Waals surface area (Å²) in [5.41, 5.74) is 0.354. The first kappa shape index (κ1) is 21.3. The van der Waals surface area contributed by atoms with Gasteiger partial charge in [0, 0.05) is 37.0 Å². The summed E-state index contributed by atoms with van der Waals surface area (Å²) >= 11 is 1.56. The molecule has 0 aliphatic carbocycles. The summed E-state index contributed by atoms with van der Waals surface area (Å²) in [6.45, 7) is 3.98. The molecule has 7 nitrogen and oxygen atoms in total. The summed E-state index contributed by atoms with van der Waals surface area (Å²) in [5, 5.41) is 5.85. The molecule has 0 unspecified atom stereocenters. The third-order valence-corrected chi connectivity index (χ3v) is 8.74. The number of rotatable bonds is 5. The smallest absolute Gasteiger partial charge is 0.248 e. The van der Waals surface area contributed by atoms with Gasteiger partial charge in [-0.1, -0.05) is 11.2 Å². The summed E-state index contributed by atoms with van der Waals surface area (Å²) in [7, 11) is -3.74. The van der Waals surface area contributed by atoms with Crippen LogP contribution in [-0.2, 0) is 14.8 Å². The number of aromatic nitrogens is 1. The Hall–Kier alpha value is -1.97. The van der Waals surface area contributed by atoms with E-state index in [4.69, 9.17) is 4.52 Å². The first-order valence-corrected chi connectivity index (χ1v) is 12.8. The zero-order chi connectivity index (χ0) is 21.1. The molecule has 2 saturated heterocycles. The number of nitrogens with zero attached hydrogens (tertiary/aromatic N) is 3. The fourth-order valence-corrected chi connectivity index (χ4v) is 6.53. The van der Waals surface area contributed by atoms with Crippen molar-refractivity contribution in [2.24, 2.45) is 5.92 Å². The van der Waals surface area contributed by atoms with E-state index in [0.717, 1.165) is 30.8 Å². The van der Waals surface area contributed by atoms with Crippen molar-refractivity contribution in [2.75, 3.05) is 26.2 Å². The predicted octanol–water partition coefficient (Wildman–Crippen LogP) is 3.63. The molecule has 0 saturated carbocycles. The van der Waals surface area contributed by atoms with E-state index in [1.807, 2.05) is 28.5 Å². The molecule has 0 radical (unpaired) electrons. The number of hydrogen-bond donors (Lipinski definition) is 0. The predicted molar refractivity (Wildman–Crippen MR) is 116 cm³/mol. The van der Waals surface area contributed by atoms with Crippen LogP contribution >= 0.6 is 11.3 Å². The molecule has 30 heavy (non-hydrogen) atoms. The van der Waals surface area contributed by atoms with E-state index in [0.29, 0.717) is 31.6 Å². The van der Waals surface area contributed by atoms with E-state index in [-0.39, 0.29) is 22.5 Å². The molecule has 0 bridgehead atoms. The molecule has 2 aromatic rings. The van der Waals surface area contributed by atoms with Gasteiger partial charge in [0.2, 0.25) is 15.9 Å². The lowest BCUT2D eigenvalue weighted by Gasteiger charge is -2.35. The highest BCUT2D eigenvalue weighted by Gasteiger charge is 2.37. The zero-order valence-electron chi connectivity index (χ0n) is 17.1. The van der Waals surface area contributed by atoms with Crippen LogP contribution in [0.5, 0.6) is 0 Å². The van der Waals surface area contributed by atoms with Gasteiger partial charge in [0.05, 0.1) is 0 Å². The summed E-state index contributed by atoms with van der Waals surface area (Å²) < 4.78 is 33.4. The van der Waals surface area contributed by atoms with Crippen molar-refractivity contribution >= 4 is 39.4 Å². The first-order valence-electron chi connectivity index (χ1n) is 10.4. The van der Waals surface area contributed by atoms with Crippen molar-refractivity contribution in [3.63, 3.8) is 0 Å². The Bertz CT molecular complexity index is 997. The summed E-state index contributed by atoms with van der Waals surface area (Å²) in [5.74, 6) is 0.344. The van der Waals surface area contributed by atoms with E-state index in [2.05, 4.69) is 5.16 Å². The summed E-state index contributed by atoms with van der Waals surface area (Å²) in [4.78, 5) is 15.8. The fraction of sp³-hybridized carbons (Fsp3) is 0.524. The average Bonchev–Trinajstić information content (AvgIpc) is 3.42. The molecule has 1 amide bonds. The van der Waals surface area contributed by atoms with Gasteiger partial charge in [-0.25, -0.2) is 8.42 Å². The number of carbonyl (C=O) groups is 1. The van der Waals surface area contributed by atoms with Gasteiger partial charge in [-0.3, -0.25) is 4.79 Å². The van der Waals surface area contributed by atoms with Crippen LogP contribution < -0.4 is 0 Å². The van der Waals surface area contributed by atoms with E-state index >= 15 is 0 Å². The van der Waals surface area contributed by atoms with Gasteiger partial charge >= 0.3 is 0 Å². The van der Waals surface area contributed by atoms with Crippen LogP contribution in [0.3, 0.4) is 0 Å². The number of thiophene rings is 1. The lowest BCUT2D eigenvalue weighted by atomic mass is 9.95. The fourth-order valence-electron chi connectivity index (χ4n) is 4.19. The Morgan fingerprint density at radius 1 is 1.17 bits per heavy atom. The third kappa shape index (κ3) is 4.38. The normalized spacial score (nSPS) is 19.6. The number of aryl methyl sites for hydroxylation is 1. The molecular formula is C21H27N3O4S2. The SMILES string of the molecule is Cc1noc(C=Cc2cccs2)c1S(=O)(=O)N1CCC(C(=O)N2CCCCC2)CC1. The van der Waals surface area contributed by atoms with Crippen molar-refractivity contribution in [1.29, 1.82) is 0 Å². The number of carbonyl (C=O) groups excluding carboxylic acids is 1. The Kier molecular flexibility index (Phi) is 6.40. The van der Waals surface area contributed by atoms with Crippen molar-refractivity contribution in [3.8, 4) is 0 Å². The molecule has 2 aliphatic heterocycles. The number of likely N-dealkylation sites (tertiary alicyclic amines) is 1. The molecule has 0 N–H and O–H groups in total. The maximum atomic E-state index is 13.3. The summed E-state index contributed by atoms with van der Waals surface area (Å²) in [6, 6.07) is 3.88. The van der Waals surface area contributed by atoms with Crippen molar-refractivity contribution in [3.05, 3.63) is 33.8 Å². The molecule has 162 valence electrons. The molecule has 9 heteroatoms. The largest absolute Gasteiger partial charge is 0.355 e. The van der Waals surface area contributed by atoms with E-state index in [1.54, 1.807) is 24.3 Å². The molecule has 2 aromatic heterocycles. The van der Waals surface area contributed by atoms with Crippen molar-refractivity contribution < 1.29 is 17.7 Å². The topological polar surface area (TPSA) is 83.7 Å². The second-order valence-corrected chi connectivity index (χ2v) is 10.7. The maximum absolute atomic E-state index is 13.3. The zero-order valence-corrected chi connectivity index (χ0v) is 18.8. The van der Waals surface area contributed by atoms with Gasteiger partial charge in [0.25, 0.3) is 0 Å². The van der Waals surface area contributed by atoms with E-state index in [9.17, 15) is 13.2 Å². The number of hydrogen-bond acceptors (Lipinski definition) is 6. The third-order valence-electron chi connectivity index (χ3n) is 5.84. The van der Waals surface area contributed by atoms with Gasteiger partial charge in [-0.15, -0.1) is 11.3 Å². The monoisotopic (exact) mass is 449 g/mol. The van der Waals surface area contributed by atoms with Gasteiger partial charge in [0.1, 0.15) is 5.69 Å². The molecule has 0 aromatic carbocycles. The van der Waals surface area contributed by atoms with Crippen molar-refractivity contribution in [2.45, 2.75) is 43.9 Å². The molecule has 2 fully saturated rings. The van der Waals surface area contributed by atoms with E-state index < -0.39 is 10.0 Å². The van der Waals surface area contributed by atoms with Crippen LogP contribution in [-0.4, -0.2) is 54.9 Å². The minimum absolute atomic E-state index is 0.0867. The van der Waals surface area contributed by atoms with Gasteiger partial charge in [-0.05, 0) is 62.6 Å². The molecule has 2 aliphatic rings. The molecule has 0 atom stereocenters. The van der Waals surface area contributed by atoms with Crippen LogP contribution in [0.25, 0.3) is 12.2 Å². The lowest BCUT2D eigenvalue weighted by molar-refractivity contribution is -0.137. The van der Waals surface area contributed by atoms with E-state index in [1.165, 1.54) is 10.7 Å². The van der Waals surface area contributed by atoms with Crippen molar-refractivity contribution in [1.82, 2.24) is 14.4 Å². The highest BCUT2D eigenvalue weighted by Crippen LogP contribution is 2.30. The summed E-state index contributed by atoms with van der Waals surface area (Å²) in [6.07, 6.45) is 7.90. The van der Waals surface area contributed by atoms with Gasteiger partial charge in [0.15, 0.2) is 10.7 Å². The quantitative estimate of drug-likeness (QED) is 0.696. The number of amides is 1. The van der Waals surface area contributed by atoms with Crippen LogP contribution in [0.4, 0.5) is 0 Å². The van der Waals surface area contributed by atoms with Crippen LogP contribution in [0.15, 0.2) is 26.9 Å². The maximum Gasteiger partial charge on any atom is 0.248 e. The number of sulfonamides is 1. The van der Waals surface area contributed by atoms with Crippen LogP contribution in [0.1, 0.15) is 48.4 Å². The lowest BCUT2D eigenvalue weighted by Crippen LogP contribution is -2.45. The second kappa shape index (κ2) is 9.03. The highest BCUT2D eigenvalue weighted by atomic mass is 32.2. The second-order valence-electron chi connectivity index (χ2n) is 7.87. The molecule has 0 spiro atoms. The van der Waals surface area contributed by atoms with Gasteiger partial charge < -0.3 is 9.42 Å². The van der Waals surface area contributed by atoms with Gasteiger partial charge in [-0.2, -0.15) is 4.31 Å². The van der Waals surface area contributed by atoms with Crippen LogP contribution in [0, 0.1) is 12.8 Å². The minimum atomic E-state index is -3.74.